The number of piperazine rings is 1. The standard InChI is InChI=1S/C25H32N4OS/c1-4-19-8-9-20-21(15-26)25(31-23(20)14-19)27-24(30)16-28-10-12-29(13-11-28)22-7-5-6-17(2)18(22)3/h5-7,19H,4,8-14,16H2,1-3H3,(H,27,30). The number of anilines is 2. The Kier molecular flexibility index (Phi) is 6.64. The fourth-order valence-electron chi connectivity index (χ4n) is 4.80. The molecule has 6 heteroatoms. The Balaban J connectivity index is 1.35. The van der Waals surface area contributed by atoms with Gasteiger partial charge in [-0.2, -0.15) is 5.26 Å². The number of hydrogen-bond donors (Lipinski definition) is 1. The van der Waals surface area contributed by atoms with Crippen molar-refractivity contribution in [1.29, 1.82) is 5.26 Å². The Labute approximate surface area is 189 Å². The third kappa shape index (κ3) is 4.63. The van der Waals surface area contributed by atoms with E-state index in [4.69, 9.17) is 0 Å². The van der Waals surface area contributed by atoms with Gasteiger partial charge in [-0.15, -0.1) is 11.3 Å². The highest BCUT2D eigenvalue weighted by Crippen LogP contribution is 2.40. The van der Waals surface area contributed by atoms with Crippen molar-refractivity contribution < 1.29 is 4.79 Å². The molecule has 164 valence electrons. The molecule has 4 rings (SSSR count). The molecular weight excluding hydrogens is 404 g/mol. The molecule has 0 radical (unpaired) electrons. The summed E-state index contributed by atoms with van der Waals surface area (Å²) in [4.78, 5) is 18.7. The molecule has 1 fully saturated rings. The first kappa shape index (κ1) is 21.9. The summed E-state index contributed by atoms with van der Waals surface area (Å²) < 4.78 is 0. The molecule has 0 saturated carbocycles. The molecule has 2 aliphatic rings. The van der Waals surface area contributed by atoms with Crippen LogP contribution in [0, 0.1) is 31.1 Å². The van der Waals surface area contributed by atoms with Crippen molar-refractivity contribution in [2.75, 3.05) is 42.9 Å². The van der Waals surface area contributed by atoms with Crippen LogP contribution in [0.15, 0.2) is 18.2 Å². The quantitative estimate of drug-likeness (QED) is 0.749. The van der Waals surface area contributed by atoms with E-state index in [0.717, 1.165) is 50.4 Å². The first-order valence-electron chi connectivity index (χ1n) is 11.4. The second-order valence-electron chi connectivity index (χ2n) is 8.87. The lowest BCUT2D eigenvalue weighted by atomic mass is 9.86. The summed E-state index contributed by atoms with van der Waals surface area (Å²) in [6, 6.07) is 8.82. The molecule has 1 aromatic carbocycles. The van der Waals surface area contributed by atoms with Gasteiger partial charge in [0, 0.05) is 36.7 Å². The summed E-state index contributed by atoms with van der Waals surface area (Å²) in [7, 11) is 0. The number of nitrogens with zero attached hydrogens (tertiary/aromatic N) is 3. The number of amides is 1. The molecule has 0 spiro atoms. The highest BCUT2D eigenvalue weighted by atomic mass is 32.1. The van der Waals surface area contributed by atoms with Crippen LogP contribution in [0.3, 0.4) is 0 Å². The zero-order valence-electron chi connectivity index (χ0n) is 18.8. The Hall–Kier alpha value is -2.36. The number of fused-ring (bicyclic) bond motifs is 1. The number of carbonyl (C=O) groups excluding carboxylic acids is 1. The molecule has 1 aliphatic heterocycles. The molecule has 1 N–H and O–H groups in total. The van der Waals surface area contributed by atoms with E-state index in [-0.39, 0.29) is 5.91 Å². The van der Waals surface area contributed by atoms with Gasteiger partial charge >= 0.3 is 0 Å². The van der Waals surface area contributed by atoms with Crippen LogP contribution >= 0.6 is 11.3 Å². The monoisotopic (exact) mass is 436 g/mol. The minimum absolute atomic E-state index is 0.0117. The molecular formula is C25H32N4OS. The van der Waals surface area contributed by atoms with Gasteiger partial charge in [-0.25, -0.2) is 0 Å². The maximum atomic E-state index is 12.8. The van der Waals surface area contributed by atoms with Gasteiger partial charge in [-0.1, -0.05) is 25.5 Å². The van der Waals surface area contributed by atoms with Gasteiger partial charge in [-0.05, 0) is 61.8 Å². The molecule has 1 unspecified atom stereocenters. The van der Waals surface area contributed by atoms with E-state index in [9.17, 15) is 10.1 Å². The largest absolute Gasteiger partial charge is 0.369 e. The number of rotatable bonds is 5. The summed E-state index contributed by atoms with van der Waals surface area (Å²) in [5.41, 5.74) is 5.83. The number of aryl methyl sites for hydroxylation is 1. The van der Waals surface area contributed by atoms with Crippen molar-refractivity contribution in [3.05, 3.63) is 45.3 Å². The Bertz CT molecular complexity index is 998. The van der Waals surface area contributed by atoms with Crippen LogP contribution in [0.5, 0.6) is 0 Å². The van der Waals surface area contributed by atoms with E-state index in [2.05, 4.69) is 60.2 Å². The van der Waals surface area contributed by atoms with E-state index in [0.29, 0.717) is 18.0 Å². The van der Waals surface area contributed by atoms with Gasteiger partial charge in [-0.3, -0.25) is 9.69 Å². The molecule has 2 heterocycles. The molecule has 5 nitrogen and oxygen atoms in total. The third-order valence-corrected chi connectivity index (χ3v) is 8.14. The highest BCUT2D eigenvalue weighted by Gasteiger charge is 2.26. The second-order valence-corrected chi connectivity index (χ2v) is 9.97. The number of thiophene rings is 1. The summed E-state index contributed by atoms with van der Waals surface area (Å²) in [5, 5.41) is 13.5. The van der Waals surface area contributed by atoms with Crippen molar-refractivity contribution in [1.82, 2.24) is 4.90 Å². The first-order chi connectivity index (χ1) is 15.0. The summed E-state index contributed by atoms with van der Waals surface area (Å²) in [6.07, 6.45) is 4.33. The normalized spacial score (nSPS) is 19.0. The summed E-state index contributed by atoms with van der Waals surface area (Å²) in [5.74, 6) is 0.692. The van der Waals surface area contributed by atoms with Crippen molar-refractivity contribution in [3.63, 3.8) is 0 Å². The SMILES string of the molecule is CCC1CCc2c(sc(NC(=O)CN3CCN(c4cccc(C)c4C)CC3)c2C#N)C1. The summed E-state index contributed by atoms with van der Waals surface area (Å²) in [6.45, 7) is 10.5. The molecule has 2 aromatic rings. The molecule has 1 aromatic heterocycles. The van der Waals surface area contributed by atoms with E-state index in [1.54, 1.807) is 11.3 Å². The Morgan fingerprint density at radius 2 is 2.03 bits per heavy atom. The lowest BCUT2D eigenvalue weighted by molar-refractivity contribution is -0.117. The average molecular weight is 437 g/mol. The van der Waals surface area contributed by atoms with Crippen LogP contribution in [0.4, 0.5) is 10.7 Å². The zero-order valence-corrected chi connectivity index (χ0v) is 19.6. The van der Waals surface area contributed by atoms with Gasteiger partial charge < -0.3 is 10.2 Å². The van der Waals surface area contributed by atoms with Crippen LogP contribution in [0.1, 0.15) is 46.9 Å². The molecule has 0 bridgehead atoms. The topological polar surface area (TPSA) is 59.4 Å². The van der Waals surface area contributed by atoms with Crippen LogP contribution in [-0.2, 0) is 17.6 Å². The van der Waals surface area contributed by atoms with Gasteiger partial charge in [0.15, 0.2) is 0 Å². The number of nitrogens with one attached hydrogen (secondary N) is 1. The maximum absolute atomic E-state index is 12.8. The van der Waals surface area contributed by atoms with Crippen LogP contribution in [0.2, 0.25) is 0 Å². The van der Waals surface area contributed by atoms with Gasteiger partial charge in [0.1, 0.15) is 11.1 Å². The number of hydrogen-bond acceptors (Lipinski definition) is 5. The van der Waals surface area contributed by atoms with Gasteiger partial charge in [0.25, 0.3) is 0 Å². The van der Waals surface area contributed by atoms with E-state index in [1.807, 2.05) is 0 Å². The predicted molar refractivity (Wildman–Crippen MR) is 128 cm³/mol. The minimum atomic E-state index is -0.0117. The Morgan fingerprint density at radius 3 is 2.74 bits per heavy atom. The van der Waals surface area contributed by atoms with Gasteiger partial charge in [0.05, 0.1) is 12.1 Å². The van der Waals surface area contributed by atoms with E-state index in [1.165, 1.54) is 33.7 Å². The number of nitriles is 1. The molecule has 31 heavy (non-hydrogen) atoms. The molecule has 1 aliphatic carbocycles. The fraction of sp³-hybridized carbons (Fsp3) is 0.520. The molecule has 1 atom stereocenters. The summed E-state index contributed by atoms with van der Waals surface area (Å²) >= 11 is 1.62. The second kappa shape index (κ2) is 9.42. The Morgan fingerprint density at radius 1 is 1.26 bits per heavy atom. The van der Waals surface area contributed by atoms with Crippen molar-refractivity contribution in [2.24, 2.45) is 5.92 Å². The lowest BCUT2D eigenvalue weighted by Gasteiger charge is -2.36. The van der Waals surface area contributed by atoms with Crippen LogP contribution in [0.25, 0.3) is 0 Å². The third-order valence-electron chi connectivity index (χ3n) is 6.97. The van der Waals surface area contributed by atoms with E-state index < -0.39 is 0 Å². The van der Waals surface area contributed by atoms with Crippen molar-refractivity contribution in [2.45, 2.75) is 46.5 Å². The van der Waals surface area contributed by atoms with Crippen LogP contribution < -0.4 is 10.2 Å². The first-order valence-corrected chi connectivity index (χ1v) is 12.2. The maximum Gasteiger partial charge on any atom is 0.239 e. The van der Waals surface area contributed by atoms with Crippen molar-refractivity contribution in [3.8, 4) is 6.07 Å². The fourth-order valence-corrected chi connectivity index (χ4v) is 6.13. The number of benzene rings is 1. The number of carbonyl (C=O) groups is 1. The molecule has 1 amide bonds. The average Bonchev–Trinajstić information content (AvgIpc) is 3.12. The highest BCUT2D eigenvalue weighted by molar-refractivity contribution is 7.16. The van der Waals surface area contributed by atoms with Crippen molar-refractivity contribution >= 4 is 27.9 Å². The smallest absolute Gasteiger partial charge is 0.239 e. The minimum Gasteiger partial charge on any atom is -0.369 e. The van der Waals surface area contributed by atoms with Gasteiger partial charge in [0.2, 0.25) is 5.91 Å². The zero-order chi connectivity index (χ0) is 22.0. The van der Waals surface area contributed by atoms with E-state index >= 15 is 0 Å². The molecule has 1 saturated heterocycles. The van der Waals surface area contributed by atoms with Crippen LogP contribution in [-0.4, -0.2) is 43.5 Å². The lowest BCUT2D eigenvalue weighted by Crippen LogP contribution is -2.48. The predicted octanol–water partition coefficient (Wildman–Crippen LogP) is 4.51.